The molecule has 1 aromatic rings. The minimum Gasteiger partial charge on any atom is -0.399 e. The first kappa shape index (κ1) is 8.67. The molecular formula is C11H13N. The number of unbranched alkanes of at least 4 members (excludes halogenated alkanes) is 1. The molecule has 0 spiro atoms. The number of nitrogens with two attached hydrogens (primary N) is 1. The average molecular weight is 159 g/mol. The Kier molecular flexibility index (Phi) is 3.22. The van der Waals surface area contributed by atoms with Crippen LogP contribution in [0.5, 0.6) is 0 Å². The first-order valence-corrected chi connectivity index (χ1v) is 4.17. The van der Waals surface area contributed by atoms with Crippen LogP contribution in [-0.4, -0.2) is 0 Å². The Morgan fingerprint density at radius 2 is 1.92 bits per heavy atom. The van der Waals surface area contributed by atoms with Crippen LogP contribution in [0, 0.1) is 11.8 Å². The minimum absolute atomic E-state index is 0.788. The molecule has 2 N–H and O–H groups in total. The fourth-order valence-electron chi connectivity index (χ4n) is 0.856. The zero-order valence-corrected chi connectivity index (χ0v) is 7.30. The highest BCUT2D eigenvalue weighted by Crippen LogP contribution is 2.03. The lowest BCUT2D eigenvalue weighted by Gasteiger charge is -1.91. The van der Waals surface area contributed by atoms with Crippen molar-refractivity contribution in [2.75, 3.05) is 5.73 Å². The van der Waals surface area contributed by atoms with Gasteiger partial charge in [-0.1, -0.05) is 18.8 Å². The summed E-state index contributed by atoms with van der Waals surface area (Å²) in [4.78, 5) is 0. The van der Waals surface area contributed by atoms with Crippen molar-refractivity contribution in [3.63, 3.8) is 0 Å². The van der Waals surface area contributed by atoms with Crippen LogP contribution in [0.1, 0.15) is 25.3 Å². The van der Waals surface area contributed by atoms with Gasteiger partial charge in [0.2, 0.25) is 0 Å². The molecular weight excluding hydrogens is 146 g/mol. The normalized spacial score (nSPS) is 8.75. The van der Waals surface area contributed by atoms with Crippen LogP contribution in [0.4, 0.5) is 5.69 Å². The summed E-state index contributed by atoms with van der Waals surface area (Å²) < 4.78 is 0. The van der Waals surface area contributed by atoms with Gasteiger partial charge in [-0.05, 0) is 30.7 Å². The van der Waals surface area contributed by atoms with E-state index >= 15 is 0 Å². The Labute approximate surface area is 73.6 Å². The van der Waals surface area contributed by atoms with Crippen molar-refractivity contribution < 1.29 is 0 Å². The molecule has 0 saturated carbocycles. The van der Waals surface area contributed by atoms with E-state index < -0.39 is 0 Å². The van der Waals surface area contributed by atoms with Gasteiger partial charge in [0.15, 0.2) is 0 Å². The highest BCUT2D eigenvalue weighted by molar-refractivity contribution is 5.44. The molecule has 0 atom stereocenters. The summed E-state index contributed by atoms with van der Waals surface area (Å²) in [5.41, 5.74) is 7.36. The summed E-state index contributed by atoms with van der Waals surface area (Å²) in [6.45, 7) is 2.12. The average Bonchev–Trinajstić information content (AvgIpc) is 2.09. The summed E-state index contributed by atoms with van der Waals surface area (Å²) in [6, 6.07) is 7.63. The Hall–Kier alpha value is -1.42. The molecule has 0 heterocycles. The van der Waals surface area contributed by atoms with Crippen molar-refractivity contribution in [2.45, 2.75) is 19.8 Å². The van der Waals surface area contributed by atoms with Crippen molar-refractivity contribution in [2.24, 2.45) is 0 Å². The molecule has 62 valence electrons. The van der Waals surface area contributed by atoms with E-state index in [0.717, 1.165) is 24.1 Å². The number of hydrogen-bond donors (Lipinski definition) is 1. The number of anilines is 1. The molecule has 0 radical (unpaired) electrons. The molecule has 0 unspecified atom stereocenters. The Morgan fingerprint density at radius 1 is 1.25 bits per heavy atom. The van der Waals surface area contributed by atoms with Crippen molar-refractivity contribution >= 4 is 5.69 Å². The molecule has 0 aliphatic carbocycles. The van der Waals surface area contributed by atoms with Crippen molar-refractivity contribution in [3.05, 3.63) is 29.8 Å². The quantitative estimate of drug-likeness (QED) is 0.494. The van der Waals surface area contributed by atoms with Crippen molar-refractivity contribution in [1.82, 2.24) is 0 Å². The minimum atomic E-state index is 0.788. The van der Waals surface area contributed by atoms with E-state index in [0.29, 0.717) is 0 Å². The maximum Gasteiger partial charge on any atom is 0.0314 e. The summed E-state index contributed by atoms with van der Waals surface area (Å²) in [7, 11) is 0. The molecule has 0 fully saturated rings. The van der Waals surface area contributed by atoms with Crippen LogP contribution < -0.4 is 5.73 Å². The number of nitrogen functional groups attached to an aromatic ring is 1. The molecule has 0 aliphatic rings. The second kappa shape index (κ2) is 4.46. The van der Waals surface area contributed by atoms with Crippen LogP contribution in [0.15, 0.2) is 24.3 Å². The van der Waals surface area contributed by atoms with Gasteiger partial charge in [-0.2, -0.15) is 0 Å². The second-order valence-electron chi connectivity index (χ2n) is 2.67. The van der Waals surface area contributed by atoms with E-state index in [1.54, 1.807) is 0 Å². The maximum atomic E-state index is 5.53. The van der Waals surface area contributed by atoms with E-state index in [1.165, 1.54) is 0 Å². The largest absolute Gasteiger partial charge is 0.399 e. The summed E-state index contributed by atoms with van der Waals surface area (Å²) in [5.74, 6) is 6.15. The van der Waals surface area contributed by atoms with E-state index in [1.807, 2.05) is 24.3 Å². The van der Waals surface area contributed by atoms with E-state index in [4.69, 9.17) is 5.73 Å². The van der Waals surface area contributed by atoms with Crippen molar-refractivity contribution in [3.8, 4) is 11.8 Å². The van der Waals surface area contributed by atoms with Gasteiger partial charge in [0.05, 0.1) is 0 Å². The van der Waals surface area contributed by atoms with Gasteiger partial charge < -0.3 is 5.73 Å². The highest BCUT2D eigenvalue weighted by atomic mass is 14.5. The molecule has 1 heteroatoms. The lowest BCUT2D eigenvalue weighted by molar-refractivity contribution is 0.983. The number of rotatable bonds is 1. The Morgan fingerprint density at radius 3 is 2.50 bits per heavy atom. The topological polar surface area (TPSA) is 26.0 Å². The van der Waals surface area contributed by atoms with Crippen LogP contribution >= 0.6 is 0 Å². The predicted octanol–water partition coefficient (Wildman–Crippen LogP) is 2.42. The van der Waals surface area contributed by atoms with Crippen LogP contribution in [0.2, 0.25) is 0 Å². The fourth-order valence-corrected chi connectivity index (χ4v) is 0.856. The molecule has 12 heavy (non-hydrogen) atoms. The molecule has 0 amide bonds. The molecule has 0 aromatic heterocycles. The molecule has 0 aliphatic heterocycles. The molecule has 0 bridgehead atoms. The lowest BCUT2D eigenvalue weighted by atomic mass is 10.2. The smallest absolute Gasteiger partial charge is 0.0314 e. The van der Waals surface area contributed by atoms with Crippen LogP contribution in [0.3, 0.4) is 0 Å². The van der Waals surface area contributed by atoms with Crippen LogP contribution in [-0.2, 0) is 0 Å². The monoisotopic (exact) mass is 159 g/mol. The van der Waals surface area contributed by atoms with Gasteiger partial charge in [-0.15, -0.1) is 0 Å². The van der Waals surface area contributed by atoms with Gasteiger partial charge in [-0.25, -0.2) is 0 Å². The van der Waals surface area contributed by atoms with Crippen LogP contribution in [0.25, 0.3) is 0 Å². The van der Waals surface area contributed by atoms with Crippen molar-refractivity contribution in [1.29, 1.82) is 0 Å². The third-order valence-corrected chi connectivity index (χ3v) is 1.52. The predicted molar refractivity (Wildman–Crippen MR) is 52.6 cm³/mol. The van der Waals surface area contributed by atoms with Gasteiger partial charge in [0.25, 0.3) is 0 Å². The zero-order valence-electron chi connectivity index (χ0n) is 7.30. The van der Waals surface area contributed by atoms with Gasteiger partial charge in [-0.3, -0.25) is 0 Å². The lowest BCUT2D eigenvalue weighted by Crippen LogP contribution is -1.82. The van der Waals surface area contributed by atoms with E-state index in [2.05, 4.69) is 18.8 Å². The molecule has 1 rings (SSSR count). The molecule has 1 nitrogen and oxygen atoms in total. The highest BCUT2D eigenvalue weighted by Gasteiger charge is 1.84. The third kappa shape index (κ3) is 2.67. The Bertz CT molecular complexity index is 287. The number of hydrogen-bond acceptors (Lipinski definition) is 1. The van der Waals surface area contributed by atoms with E-state index in [-0.39, 0.29) is 0 Å². The summed E-state index contributed by atoms with van der Waals surface area (Å²) in [5, 5.41) is 0. The second-order valence-corrected chi connectivity index (χ2v) is 2.67. The fraction of sp³-hybridized carbons (Fsp3) is 0.273. The van der Waals surface area contributed by atoms with Gasteiger partial charge in [0, 0.05) is 17.7 Å². The first-order valence-electron chi connectivity index (χ1n) is 4.17. The standard InChI is InChI=1S/C11H13N/c1-2-3-4-5-10-6-8-11(12)9-7-10/h6-9H,2-3,12H2,1H3. The first-order chi connectivity index (χ1) is 5.83. The Balaban J connectivity index is 2.66. The molecule has 0 saturated heterocycles. The molecule has 1 aromatic carbocycles. The maximum absolute atomic E-state index is 5.53. The summed E-state index contributed by atoms with van der Waals surface area (Å²) >= 11 is 0. The number of benzene rings is 1. The zero-order chi connectivity index (χ0) is 8.81. The summed E-state index contributed by atoms with van der Waals surface area (Å²) in [6.07, 6.45) is 2.08. The third-order valence-electron chi connectivity index (χ3n) is 1.52. The van der Waals surface area contributed by atoms with Gasteiger partial charge in [0.1, 0.15) is 0 Å². The van der Waals surface area contributed by atoms with E-state index in [9.17, 15) is 0 Å². The van der Waals surface area contributed by atoms with Gasteiger partial charge >= 0.3 is 0 Å². The SMILES string of the molecule is CCCC#Cc1ccc(N)cc1.